The van der Waals surface area contributed by atoms with Gasteiger partial charge in [-0.2, -0.15) is 0 Å². The molecule has 0 unspecified atom stereocenters. The van der Waals surface area contributed by atoms with Crippen molar-refractivity contribution >= 4 is 5.95 Å². The first-order valence-electron chi connectivity index (χ1n) is 5.20. The molecule has 0 spiro atoms. The first kappa shape index (κ1) is 11.5. The first-order chi connectivity index (χ1) is 6.26. The molecule has 0 heterocycles. The molecule has 0 amide bonds. The maximum absolute atomic E-state index is 2.37. The van der Waals surface area contributed by atoms with Crippen molar-refractivity contribution in [2.24, 2.45) is 0 Å². The van der Waals surface area contributed by atoms with Crippen molar-refractivity contribution in [3.8, 4) is 0 Å². The summed E-state index contributed by atoms with van der Waals surface area (Å²) in [5.41, 5.74) is 0. The Balaban J connectivity index is 2.56. The Hall–Kier alpha value is 0.429. The van der Waals surface area contributed by atoms with E-state index < -0.39 is 5.95 Å². The molecule has 0 atom stereocenters. The van der Waals surface area contributed by atoms with Crippen molar-refractivity contribution in [2.75, 3.05) is 18.5 Å². The van der Waals surface area contributed by atoms with Gasteiger partial charge in [-0.05, 0) is 0 Å². The van der Waals surface area contributed by atoms with Gasteiger partial charge in [-0.25, -0.2) is 0 Å². The van der Waals surface area contributed by atoms with Crippen molar-refractivity contribution in [1.82, 2.24) is 0 Å². The van der Waals surface area contributed by atoms with E-state index in [0.29, 0.717) is 0 Å². The molecular formula is C11H21CuP. The van der Waals surface area contributed by atoms with E-state index >= 15 is 0 Å². The Morgan fingerprint density at radius 1 is 1.23 bits per heavy atom. The van der Waals surface area contributed by atoms with E-state index in [0.717, 1.165) is 0 Å². The molecule has 0 aliphatic heterocycles. The molecule has 1 aliphatic carbocycles. The standard InChI is InChI=1S/C6H15P.C5H5.Cu/c1-4-7(5-2)6-3;1-2-4-5-3-1;/h4-6H2,1-3H3;1-3H,4H2;/q;;-1/p+1. The van der Waals surface area contributed by atoms with Crippen molar-refractivity contribution in [1.29, 1.82) is 0 Å². The van der Waals surface area contributed by atoms with Crippen LogP contribution in [0.25, 0.3) is 0 Å². The second-order valence-corrected chi connectivity index (χ2v) is 12.1. The molecule has 0 aromatic rings. The average molecular weight is 248 g/mol. The van der Waals surface area contributed by atoms with Gasteiger partial charge in [-0.1, -0.05) is 0 Å². The number of hydrogen-bond acceptors (Lipinski definition) is 0. The van der Waals surface area contributed by atoms with Crippen LogP contribution in [0.2, 0.25) is 0 Å². The predicted molar refractivity (Wildman–Crippen MR) is 61.8 cm³/mol. The van der Waals surface area contributed by atoms with Gasteiger partial charge in [0.15, 0.2) is 0 Å². The fourth-order valence-corrected chi connectivity index (χ4v) is 8.07. The Morgan fingerprint density at radius 3 is 2.23 bits per heavy atom. The van der Waals surface area contributed by atoms with Crippen molar-refractivity contribution in [3.05, 3.63) is 22.7 Å². The third-order valence-electron chi connectivity index (χ3n) is 2.77. The quantitative estimate of drug-likeness (QED) is 0.514. The van der Waals surface area contributed by atoms with E-state index in [1.165, 1.54) is 24.9 Å². The molecule has 1 rings (SSSR count). The fourth-order valence-electron chi connectivity index (χ4n) is 1.58. The van der Waals surface area contributed by atoms with Crippen LogP contribution in [-0.2, 0) is 14.5 Å². The van der Waals surface area contributed by atoms with Gasteiger partial charge in [-0.15, -0.1) is 0 Å². The summed E-state index contributed by atoms with van der Waals surface area (Å²) in [5.74, 6) is -0.984. The average Bonchev–Trinajstić information content (AvgIpc) is 2.67. The van der Waals surface area contributed by atoms with Gasteiger partial charge in [0.1, 0.15) is 0 Å². The monoisotopic (exact) mass is 247 g/mol. The molecule has 0 N–H and O–H groups in total. The summed E-state index contributed by atoms with van der Waals surface area (Å²) >= 11 is 2.34. The van der Waals surface area contributed by atoms with E-state index in [1.54, 1.807) is 4.47 Å². The van der Waals surface area contributed by atoms with E-state index in [2.05, 4.69) is 53.5 Å². The summed E-state index contributed by atoms with van der Waals surface area (Å²) in [5, 5.41) is 0. The minimum absolute atomic E-state index is 0.984. The molecule has 0 aromatic carbocycles. The van der Waals surface area contributed by atoms with Crippen molar-refractivity contribution in [3.63, 3.8) is 0 Å². The normalized spacial score (nSPS) is 17.9. The summed E-state index contributed by atoms with van der Waals surface area (Å²) < 4.78 is 1.60. The molecule has 1 aliphatic rings. The Labute approximate surface area is 89.0 Å². The third kappa shape index (κ3) is 2.94. The van der Waals surface area contributed by atoms with Crippen LogP contribution in [0.3, 0.4) is 0 Å². The van der Waals surface area contributed by atoms with Crippen LogP contribution in [0.15, 0.2) is 22.7 Å². The summed E-state index contributed by atoms with van der Waals surface area (Å²) in [7, 11) is 0. The van der Waals surface area contributed by atoms with Gasteiger partial charge in [0.05, 0.1) is 0 Å². The molecule has 0 bridgehead atoms. The Kier molecular flexibility index (Phi) is 4.73. The first-order valence-corrected chi connectivity index (χ1v) is 9.51. The SMILES string of the molecule is CC[PH](CC)(CC)[Cu][C]1=CC=CC1. The predicted octanol–water partition coefficient (Wildman–Crippen LogP) is 3.64. The van der Waals surface area contributed by atoms with Crippen LogP contribution in [0.4, 0.5) is 0 Å². The molecular weight excluding hydrogens is 227 g/mol. The van der Waals surface area contributed by atoms with Crippen LogP contribution in [0, 0.1) is 0 Å². The van der Waals surface area contributed by atoms with Gasteiger partial charge < -0.3 is 0 Å². The zero-order chi connectivity index (χ0) is 9.73. The second kappa shape index (κ2) is 5.34. The molecule has 81 valence electrons. The van der Waals surface area contributed by atoms with Crippen LogP contribution >= 0.6 is 5.95 Å². The number of allylic oxidation sites excluding steroid dienone is 4. The van der Waals surface area contributed by atoms with Gasteiger partial charge in [0, 0.05) is 0 Å². The van der Waals surface area contributed by atoms with Crippen LogP contribution in [0.5, 0.6) is 0 Å². The fraction of sp³-hybridized carbons (Fsp3) is 0.636. The molecule has 0 saturated carbocycles. The van der Waals surface area contributed by atoms with E-state index in [-0.39, 0.29) is 0 Å². The van der Waals surface area contributed by atoms with Crippen LogP contribution < -0.4 is 0 Å². The second-order valence-electron chi connectivity index (χ2n) is 3.40. The number of hydrogen-bond donors (Lipinski definition) is 0. The maximum atomic E-state index is 2.37. The van der Waals surface area contributed by atoms with Crippen molar-refractivity contribution < 1.29 is 14.5 Å². The van der Waals surface area contributed by atoms with Crippen LogP contribution in [0.1, 0.15) is 27.2 Å². The molecule has 0 radical (unpaired) electrons. The Bertz CT molecular complexity index is 206. The zero-order valence-electron chi connectivity index (χ0n) is 8.86. The van der Waals surface area contributed by atoms with Crippen LogP contribution in [-0.4, -0.2) is 18.5 Å². The molecule has 0 fully saturated rings. The molecule has 13 heavy (non-hydrogen) atoms. The number of rotatable bonds is 5. The zero-order valence-corrected chi connectivity index (χ0v) is 10.8. The molecule has 2 heteroatoms. The third-order valence-corrected chi connectivity index (χ3v) is 12.7. The molecule has 0 nitrogen and oxygen atoms in total. The van der Waals surface area contributed by atoms with Crippen molar-refractivity contribution in [2.45, 2.75) is 27.2 Å². The van der Waals surface area contributed by atoms with E-state index in [4.69, 9.17) is 0 Å². The van der Waals surface area contributed by atoms with Gasteiger partial charge in [0.25, 0.3) is 0 Å². The van der Waals surface area contributed by atoms with Gasteiger partial charge in [-0.3, -0.25) is 0 Å². The minimum atomic E-state index is -0.984. The van der Waals surface area contributed by atoms with E-state index in [9.17, 15) is 0 Å². The van der Waals surface area contributed by atoms with Gasteiger partial charge >= 0.3 is 88.8 Å². The molecule has 0 saturated heterocycles. The summed E-state index contributed by atoms with van der Waals surface area (Å²) in [6.45, 7) is 7.10. The van der Waals surface area contributed by atoms with E-state index in [1.807, 2.05) is 0 Å². The Morgan fingerprint density at radius 2 is 1.85 bits per heavy atom. The summed E-state index contributed by atoms with van der Waals surface area (Å²) in [4.78, 5) is 0. The molecule has 0 aromatic heterocycles. The summed E-state index contributed by atoms with van der Waals surface area (Å²) in [6, 6.07) is 0. The topological polar surface area (TPSA) is 0 Å². The summed E-state index contributed by atoms with van der Waals surface area (Å²) in [6.07, 6.45) is 12.2. The van der Waals surface area contributed by atoms with Gasteiger partial charge in [0.2, 0.25) is 0 Å².